The van der Waals surface area contributed by atoms with Crippen LogP contribution in [0.15, 0.2) is 12.3 Å². The van der Waals surface area contributed by atoms with Gasteiger partial charge in [-0.25, -0.2) is 9.97 Å². The van der Waals surface area contributed by atoms with Crippen molar-refractivity contribution < 1.29 is 4.79 Å². The zero-order valence-electron chi connectivity index (χ0n) is 10.8. The van der Waals surface area contributed by atoms with Gasteiger partial charge in [0.05, 0.1) is 6.54 Å². The summed E-state index contributed by atoms with van der Waals surface area (Å²) in [5, 5.41) is 11.5. The molecule has 6 heteroatoms. The highest BCUT2D eigenvalue weighted by atomic mass is 16.2. The summed E-state index contributed by atoms with van der Waals surface area (Å²) >= 11 is 0. The second-order valence-electron chi connectivity index (χ2n) is 4.41. The number of rotatable bonds is 5. The number of nitrogens with one attached hydrogen (secondary N) is 1. The Morgan fingerprint density at radius 2 is 2.33 bits per heavy atom. The van der Waals surface area contributed by atoms with E-state index >= 15 is 0 Å². The average molecular weight is 247 g/mol. The zero-order chi connectivity index (χ0) is 13.5. The van der Waals surface area contributed by atoms with Gasteiger partial charge in [-0.3, -0.25) is 4.79 Å². The summed E-state index contributed by atoms with van der Waals surface area (Å²) in [6, 6.07) is 3.46. The number of carbonyl (C=O) groups excluding carboxylic acids is 1. The van der Waals surface area contributed by atoms with Crippen LogP contribution in [-0.4, -0.2) is 36.0 Å². The van der Waals surface area contributed by atoms with E-state index in [4.69, 9.17) is 5.26 Å². The van der Waals surface area contributed by atoms with Crippen molar-refractivity contribution in [3.63, 3.8) is 0 Å². The Hall–Kier alpha value is -2.16. The van der Waals surface area contributed by atoms with Crippen LogP contribution in [0.5, 0.6) is 0 Å². The summed E-state index contributed by atoms with van der Waals surface area (Å²) < 4.78 is 0. The van der Waals surface area contributed by atoms with Gasteiger partial charge in [-0.05, 0) is 12.0 Å². The zero-order valence-corrected chi connectivity index (χ0v) is 10.8. The fourth-order valence-electron chi connectivity index (χ4n) is 1.25. The SMILES string of the molecule is CC(C)CNC(=O)CN(C)c1nccc(C#N)n1. The van der Waals surface area contributed by atoms with Gasteiger partial charge in [0.2, 0.25) is 11.9 Å². The number of hydrogen-bond acceptors (Lipinski definition) is 5. The van der Waals surface area contributed by atoms with Gasteiger partial charge in [-0.2, -0.15) is 5.26 Å². The Balaban J connectivity index is 2.56. The van der Waals surface area contributed by atoms with Crippen LogP contribution in [0.4, 0.5) is 5.95 Å². The van der Waals surface area contributed by atoms with Gasteiger partial charge in [0.1, 0.15) is 11.8 Å². The number of aromatic nitrogens is 2. The maximum absolute atomic E-state index is 11.6. The van der Waals surface area contributed by atoms with Crippen LogP contribution in [0, 0.1) is 17.2 Å². The number of amides is 1. The molecular formula is C12H17N5O. The lowest BCUT2D eigenvalue weighted by Gasteiger charge is -2.16. The molecule has 0 fully saturated rings. The predicted molar refractivity (Wildman–Crippen MR) is 67.9 cm³/mol. The molecule has 6 nitrogen and oxygen atoms in total. The first kappa shape index (κ1) is 13.9. The third-order valence-electron chi connectivity index (χ3n) is 2.19. The summed E-state index contributed by atoms with van der Waals surface area (Å²) in [6.07, 6.45) is 1.50. The monoisotopic (exact) mass is 247 g/mol. The van der Waals surface area contributed by atoms with Gasteiger partial charge in [0.15, 0.2) is 0 Å². The highest BCUT2D eigenvalue weighted by Gasteiger charge is 2.10. The topological polar surface area (TPSA) is 81.9 Å². The van der Waals surface area contributed by atoms with E-state index in [0.29, 0.717) is 18.4 Å². The van der Waals surface area contributed by atoms with Gasteiger partial charge in [0, 0.05) is 19.8 Å². The van der Waals surface area contributed by atoms with E-state index in [-0.39, 0.29) is 18.1 Å². The van der Waals surface area contributed by atoms with E-state index in [1.807, 2.05) is 19.9 Å². The van der Waals surface area contributed by atoms with Crippen molar-refractivity contribution in [3.8, 4) is 6.07 Å². The van der Waals surface area contributed by atoms with E-state index in [1.54, 1.807) is 11.9 Å². The molecule has 0 aliphatic rings. The number of carbonyl (C=O) groups is 1. The standard InChI is InChI=1S/C12H17N5O/c1-9(2)7-15-11(18)8-17(3)12-14-5-4-10(6-13)16-12/h4-5,9H,7-8H2,1-3H3,(H,15,18). The normalized spacial score (nSPS) is 9.94. The van der Waals surface area contributed by atoms with Crippen molar-refractivity contribution in [3.05, 3.63) is 18.0 Å². The average Bonchev–Trinajstić information content (AvgIpc) is 2.36. The second kappa shape index (κ2) is 6.55. The van der Waals surface area contributed by atoms with Crippen LogP contribution in [0.1, 0.15) is 19.5 Å². The quantitative estimate of drug-likeness (QED) is 0.822. The molecule has 18 heavy (non-hydrogen) atoms. The van der Waals surface area contributed by atoms with Crippen LogP contribution in [0.2, 0.25) is 0 Å². The molecule has 0 aliphatic carbocycles. The lowest BCUT2D eigenvalue weighted by molar-refractivity contribution is -0.119. The minimum atomic E-state index is -0.0860. The van der Waals surface area contributed by atoms with Gasteiger partial charge < -0.3 is 10.2 Å². The summed E-state index contributed by atoms with van der Waals surface area (Å²) in [6.45, 7) is 4.88. The second-order valence-corrected chi connectivity index (χ2v) is 4.41. The van der Waals surface area contributed by atoms with Crippen LogP contribution in [0.25, 0.3) is 0 Å². The summed E-state index contributed by atoms with van der Waals surface area (Å²) in [5.41, 5.74) is 0.287. The molecule has 1 rings (SSSR count). The van der Waals surface area contributed by atoms with Crippen LogP contribution in [-0.2, 0) is 4.79 Å². The molecule has 0 spiro atoms. The number of likely N-dealkylation sites (N-methyl/N-ethyl adjacent to an activating group) is 1. The molecule has 0 aromatic carbocycles. The molecule has 1 aromatic rings. The third kappa shape index (κ3) is 4.37. The number of nitrogens with zero attached hydrogens (tertiary/aromatic N) is 4. The van der Waals surface area contributed by atoms with Crippen molar-refractivity contribution in [2.75, 3.05) is 25.0 Å². The van der Waals surface area contributed by atoms with Crippen molar-refractivity contribution in [2.45, 2.75) is 13.8 Å². The maximum Gasteiger partial charge on any atom is 0.239 e. The van der Waals surface area contributed by atoms with Crippen molar-refractivity contribution in [1.82, 2.24) is 15.3 Å². The van der Waals surface area contributed by atoms with Gasteiger partial charge in [-0.15, -0.1) is 0 Å². The smallest absolute Gasteiger partial charge is 0.239 e. The van der Waals surface area contributed by atoms with Crippen LogP contribution < -0.4 is 10.2 Å². The van der Waals surface area contributed by atoms with Crippen LogP contribution in [0.3, 0.4) is 0 Å². The minimum Gasteiger partial charge on any atom is -0.354 e. The summed E-state index contributed by atoms with van der Waals surface area (Å²) in [7, 11) is 1.71. The van der Waals surface area contributed by atoms with E-state index in [9.17, 15) is 4.79 Å². The van der Waals surface area contributed by atoms with Crippen molar-refractivity contribution in [2.24, 2.45) is 5.92 Å². The lowest BCUT2D eigenvalue weighted by Crippen LogP contribution is -2.37. The lowest BCUT2D eigenvalue weighted by atomic mass is 10.2. The first-order chi connectivity index (χ1) is 8.52. The molecule has 1 amide bonds. The Morgan fingerprint density at radius 1 is 1.61 bits per heavy atom. The van der Waals surface area contributed by atoms with E-state index in [1.165, 1.54) is 12.3 Å². The number of hydrogen-bond donors (Lipinski definition) is 1. The third-order valence-corrected chi connectivity index (χ3v) is 2.19. The highest BCUT2D eigenvalue weighted by molar-refractivity contribution is 5.80. The molecule has 0 saturated heterocycles. The molecule has 1 heterocycles. The molecule has 0 unspecified atom stereocenters. The molecular weight excluding hydrogens is 230 g/mol. The predicted octanol–water partition coefficient (Wildman–Crippen LogP) is 0.557. The first-order valence-electron chi connectivity index (χ1n) is 5.74. The van der Waals surface area contributed by atoms with Crippen molar-refractivity contribution >= 4 is 11.9 Å². The largest absolute Gasteiger partial charge is 0.354 e. The maximum atomic E-state index is 11.6. The van der Waals surface area contributed by atoms with E-state index in [2.05, 4.69) is 15.3 Å². The summed E-state index contributed by atoms with van der Waals surface area (Å²) in [5.74, 6) is 0.698. The number of nitriles is 1. The molecule has 0 aliphatic heterocycles. The molecule has 0 saturated carbocycles. The summed E-state index contributed by atoms with van der Waals surface area (Å²) in [4.78, 5) is 21.3. The Bertz CT molecular complexity index is 452. The Kier molecular flexibility index (Phi) is 5.06. The number of anilines is 1. The molecule has 1 N–H and O–H groups in total. The fourth-order valence-corrected chi connectivity index (χ4v) is 1.25. The van der Waals surface area contributed by atoms with Crippen LogP contribution >= 0.6 is 0 Å². The van der Waals surface area contributed by atoms with Gasteiger partial charge >= 0.3 is 0 Å². The van der Waals surface area contributed by atoms with E-state index in [0.717, 1.165) is 0 Å². The minimum absolute atomic E-state index is 0.0860. The van der Waals surface area contributed by atoms with E-state index < -0.39 is 0 Å². The van der Waals surface area contributed by atoms with Gasteiger partial charge in [0.25, 0.3) is 0 Å². The van der Waals surface area contributed by atoms with Crippen molar-refractivity contribution in [1.29, 1.82) is 5.26 Å². The Morgan fingerprint density at radius 3 is 2.94 bits per heavy atom. The molecule has 96 valence electrons. The molecule has 0 radical (unpaired) electrons. The Labute approximate surface area is 107 Å². The first-order valence-corrected chi connectivity index (χ1v) is 5.74. The molecule has 0 bridgehead atoms. The molecule has 1 aromatic heterocycles. The fraction of sp³-hybridized carbons (Fsp3) is 0.500. The van der Waals surface area contributed by atoms with Gasteiger partial charge in [-0.1, -0.05) is 13.8 Å². The highest BCUT2D eigenvalue weighted by Crippen LogP contribution is 2.04. The molecule has 0 atom stereocenters.